The molecule has 1 aliphatic rings. The van der Waals surface area contributed by atoms with Crippen LogP contribution >= 0.6 is 39.3 Å². The van der Waals surface area contributed by atoms with E-state index in [2.05, 4.69) is 21.2 Å². The average molecular weight is 575 g/mol. The number of nitrogens with one attached hydrogen (secondary N) is 1. The number of benzene rings is 2. The molecule has 0 bridgehead atoms. The Morgan fingerprint density at radius 1 is 1.14 bits per heavy atom. The molecule has 3 amide bonds. The molecule has 1 saturated heterocycles. The molecule has 0 unspecified atom stereocenters. The Labute approximate surface area is 220 Å². The maximum Gasteiger partial charge on any atom is 0.294 e. The largest absolute Gasteiger partial charge is 0.497 e. The van der Waals surface area contributed by atoms with E-state index in [-0.39, 0.29) is 11.4 Å². The first kappa shape index (κ1) is 25.1. The first-order chi connectivity index (χ1) is 16.7. The summed E-state index contributed by atoms with van der Waals surface area (Å²) in [4.78, 5) is 39.1. The van der Waals surface area contributed by atoms with E-state index in [1.165, 1.54) is 0 Å². The Balaban J connectivity index is 1.51. The van der Waals surface area contributed by atoms with E-state index < -0.39 is 17.1 Å². The molecule has 0 spiro atoms. The third kappa shape index (κ3) is 5.32. The predicted molar refractivity (Wildman–Crippen MR) is 142 cm³/mol. The first-order valence-electron chi connectivity index (χ1n) is 10.5. The van der Waals surface area contributed by atoms with Gasteiger partial charge in [0.15, 0.2) is 0 Å². The lowest BCUT2D eigenvalue weighted by Gasteiger charge is -2.12. The van der Waals surface area contributed by atoms with Gasteiger partial charge in [-0.1, -0.05) is 11.6 Å². The van der Waals surface area contributed by atoms with Crippen LogP contribution in [0.2, 0.25) is 5.02 Å². The Hall–Kier alpha value is -3.01. The van der Waals surface area contributed by atoms with E-state index in [1.54, 1.807) is 37.5 Å². The van der Waals surface area contributed by atoms with Gasteiger partial charge in [0.2, 0.25) is 5.91 Å². The molecule has 1 fully saturated rings. The summed E-state index contributed by atoms with van der Waals surface area (Å²) < 4.78 is 7.92. The standard InChI is InChI=1S/C25H21BrClN3O4S/c1-14-10-16(15(2)30(14)18-6-9-20(26)21(27)12-18)11-22-24(32)29(25(33)35-22)13-23(31)28-17-4-7-19(34-3)8-5-17/h4-12H,13H2,1-3H3,(H,28,31)/b22-11+. The smallest absolute Gasteiger partial charge is 0.294 e. The fourth-order valence-corrected chi connectivity index (χ4v) is 5.00. The lowest BCUT2D eigenvalue weighted by atomic mass is 10.2. The van der Waals surface area contributed by atoms with Crippen LogP contribution in [0.3, 0.4) is 0 Å². The van der Waals surface area contributed by atoms with Crippen molar-refractivity contribution in [1.82, 2.24) is 9.47 Å². The van der Waals surface area contributed by atoms with Gasteiger partial charge in [0, 0.05) is 27.2 Å². The highest BCUT2D eigenvalue weighted by Crippen LogP contribution is 2.34. The molecule has 1 aromatic heterocycles. The number of imide groups is 1. The molecule has 0 saturated carbocycles. The second-order valence-electron chi connectivity index (χ2n) is 7.80. The summed E-state index contributed by atoms with van der Waals surface area (Å²) in [6.45, 7) is 3.52. The molecule has 2 aromatic carbocycles. The third-order valence-corrected chi connectivity index (χ3v) is 7.61. The van der Waals surface area contributed by atoms with Crippen molar-refractivity contribution in [2.75, 3.05) is 19.0 Å². The zero-order valence-electron chi connectivity index (χ0n) is 19.1. The number of ether oxygens (including phenoxy) is 1. The van der Waals surface area contributed by atoms with E-state index in [1.807, 2.05) is 42.7 Å². The quantitative estimate of drug-likeness (QED) is 0.355. The van der Waals surface area contributed by atoms with Crippen LogP contribution in [0.1, 0.15) is 17.0 Å². The first-order valence-corrected chi connectivity index (χ1v) is 12.5. The minimum Gasteiger partial charge on any atom is -0.497 e. The average Bonchev–Trinajstić information content (AvgIpc) is 3.25. The van der Waals surface area contributed by atoms with E-state index in [0.29, 0.717) is 16.5 Å². The molecule has 7 nitrogen and oxygen atoms in total. The van der Waals surface area contributed by atoms with Crippen molar-refractivity contribution in [2.45, 2.75) is 13.8 Å². The lowest BCUT2D eigenvalue weighted by molar-refractivity contribution is -0.127. The number of aryl methyl sites for hydroxylation is 1. The molecule has 0 radical (unpaired) electrons. The minimum atomic E-state index is -0.499. The van der Waals surface area contributed by atoms with E-state index in [9.17, 15) is 14.4 Å². The number of thioether (sulfide) groups is 1. The number of carbonyl (C=O) groups excluding carboxylic acids is 3. The fourth-order valence-electron chi connectivity index (χ4n) is 3.75. The normalized spacial score (nSPS) is 14.7. The molecule has 1 N–H and O–H groups in total. The molecule has 4 rings (SSSR count). The minimum absolute atomic E-state index is 0.265. The highest BCUT2D eigenvalue weighted by molar-refractivity contribution is 9.10. The molecule has 3 aromatic rings. The van der Waals surface area contributed by atoms with Gasteiger partial charge in [0.25, 0.3) is 11.1 Å². The summed E-state index contributed by atoms with van der Waals surface area (Å²) in [6, 6.07) is 14.4. The van der Waals surface area contributed by atoms with E-state index in [4.69, 9.17) is 16.3 Å². The van der Waals surface area contributed by atoms with E-state index in [0.717, 1.165) is 43.8 Å². The lowest BCUT2D eigenvalue weighted by Crippen LogP contribution is -2.36. The summed E-state index contributed by atoms with van der Waals surface area (Å²) >= 11 is 10.5. The number of halogens is 2. The SMILES string of the molecule is COc1ccc(NC(=O)CN2C(=O)S/C(=C/c3cc(C)n(-c4ccc(Br)c(Cl)c4)c3C)C2=O)cc1. The topological polar surface area (TPSA) is 80.6 Å². The molecule has 2 heterocycles. The Morgan fingerprint density at radius 2 is 1.86 bits per heavy atom. The molecule has 180 valence electrons. The highest BCUT2D eigenvalue weighted by atomic mass is 79.9. The summed E-state index contributed by atoms with van der Waals surface area (Å²) in [7, 11) is 1.55. The predicted octanol–water partition coefficient (Wildman–Crippen LogP) is 6.19. The summed E-state index contributed by atoms with van der Waals surface area (Å²) in [5.74, 6) is -0.313. The summed E-state index contributed by atoms with van der Waals surface area (Å²) in [5.41, 5.74) is 4.07. The van der Waals surface area contributed by atoms with Crippen molar-refractivity contribution in [3.05, 3.63) is 79.9 Å². The molecule has 0 aliphatic carbocycles. The molecular weight excluding hydrogens is 554 g/mol. The fraction of sp³-hybridized carbons (Fsp3) is 0.160. The van der Waals surface area contributed by atoms with Gasteiger partial charge in [-0.3, -0.25) is 19.3 Å². The van der Waals surface area contributed by atoms with Crippen molar-refractivity contribution >= 4 is 68.1 Å². The van der Waals surface area contributed by atoms with Crippen molar-refractivity contribution in [3.8, 4) is 11.4 Å². The number of amides is 3. The van der Waals surface area contributed by atoms with Crippen molar-refractivity contribution in [2.24, 2.45) is 0 Å². The number of anilines is 1. The van der Waals surface area contributed by atoms with Crippen LogP contribution in [0.25, 0.3) is 11.8 Å². The van der Waals surface area contributed by atoms with Crippen LogP contribution in [0.5, 0.6) is 5.75 Å². The number of methoxy groups -OCH3 is 1. The number of aromatic nitrogens is 1. The van der Waals surface area contributed by atoms with Crippen LogP contribution in [-0.2, 0) is 9.59 Å². The van der Waals surface area contributed by atoms with Crippen LogP contribution in [0.15, 0.2) is 57.9 Å². The van der Waals surface area contributed by atoms with Crippen LogP contribution in [-0.4, -0.2) is 40.2 Å². The molecule has 10 heteroatoms. The molecule has 1 aliphatic heterocycles. The molecule has 0 atom stereocenters. The van der Waals surface area contributed by atoms with Gasteiger partial charge in [-0.05, 0) is 102 Å². The van der Waals surface area contributed by atoms with Crippen LogP contribution in [0, 0.1) is 13.8 Å². The zero-order valence-corrected chi connectivity index (χ0v) is 22.3. The van der Waals surface area contributed by atoms with Gasteiger partial charge in [-0.25, -0.2) is 0 Å². The van der Waals surface area contributed by atoms with Crippen molar-refractivity contribution < 1.29 is 19.1 Å². The number of nitrogens with zero attached hydrogens (tertiary/aromatic N) is 2. The van der Waals surface area contributed by atoms with Gasteiger partial charge in [-0.15, -0.1) is 0 Å². The number of hydrogen-bond donors (Lipinski definition) is 1. The van der Waals surface area contributed by atoms with Gasteiger partial charge >= 0.3 is 0 Å². The Morgan fingerprint density at radius 3 is 2.51 bits per heavy atom. The van der Waals surface area contributed by atoms with Crippen molar-refractivity contribution in [1.29, 1.82) is 0 Å². The Bertz CT molecular complexity index is 1370. The van der Waals surface area contributed by atoms with Gasteiger partial charge in [0.05, 0.1) is 17.0 Å². The van der Waals surface area contributed by atoms with E-state index >= 15 is 0 Å². The third-order valence-electron chi connectivity index (χ3n) is 5.47. The maximum absolute atomic E-state index is 12.9. The maximum atomic E-state index is 12.9. The van der Waals surface area contributed by atoms with Gasteiger partial charge in [-0.2, -0.15) is 0 Å². The number of carbonyl (C=O) groups is 3. The molecule has 35 heavy (non-hydrogen) atoms. The summed E-state index contributed by atoms with van der Waals surface area (Å²) in [6.07, 6.45) is 1.69. The van der Waals surface area contributed by atoms with Crippen LogP contribution in [0.4, 0.5) is 10.5 Å². The van der Waals surface area contributed by atoms with Gasteiger partial charge in [0.1, 0.15) is 12.3 Å². The number of rotatable bonds is 6. The number of hydrogen-bond acceptors (Lipinski definition) is 5. The summed E-state index contributed by atoms with van der Waals surface area (Å²) in [5, 5.41) is 2.79. The highest BCUT2D eigenvalue weighted by Gasteiger charge is 2.36. The monoisotopic (exact) mass is 573 g/mol. The second kappa shape index (κ2) is 10.3. The zero-order chi connectivity index (χ0) is 25.3. The molecular formula is C25H21BrClN3O4S. The Kier molecular flexibility index (Phi) is 7.39. The van der Waals surface area contributed by atoms with Gasteiger partial charge < -0.3 is 14.6 Å². The van der Waals surface area contributed by atoms with Crippen molar-refractivity contribution in [3.63, 3.8) is 0 Å². The van der Waals surface area contributed by atoms with Crippen LogP contribution < -0.4 is 10.1 Å². The second-order valence-corrected chi connectivity index (χ2v) is 10.1.